The minimum atomic E-state index is 0.356. The molecule has 0 aromatic rings. The molecule has 98 valence electrons. The average molecular weight is 228 g/mol. The summed E-state index contributed by atoms with van der Waals surface area (Å²) < 4.78 is 0. The predicted octanol–water partition coefficient (Wildman–Crippen LogP) is 2.99. The fourth-order valence-corrected chi connectivity index (χ4v) is 2.00. The minimum absolute atomic E-state index is 0.356. The van der Waals surface area contributed by atoms with Crippen LogP contribution in [0.1, 0.15) is 48.5 Å². The Kier molecular flexibility index (Phi) is 7.25. The summed E-state index contributed by atoms with van der Waals surface area (Å²) in [6.07, 6.45) is 0. The molecule has 0 spiro atoms. The summed E-state index contributed by atoms with van der Waals surface area (Å²) in [6, 6.07) is 0.642. The molecule has 2 nitrogen and oxygen atoms in total. The molecule has 16 heavy (non-hydrogen) atoms. The van der Waals surface area contributed by atoms with Crippen LogP contribution in [0.3, 0.4) is 0 Å². The van der Waals surface area contributed by atoms with Gasteiger partial charge in [-0.25, -0.2) is 0 Å². The van der Waals surface area contributed by atoms with Gasteiger partial charge in [0.25, 0.3) is 0 Å². The maximum absolute atomic E-state index is 3.46. The van der Waals surface area contributed by atoms with E-state index in [-0.39, 0.29) is 0 Å². The fourth-order valence-electron chi connectivity index (χ4n) is 2.00. The van der Waals surface area contributed by atoms with E-state index in [4.69, 9.17) is 0 Å². The lowest BCUT2D eigenvalue weighted by Gasteiger charge is -2.36. The maximum Gasteiger partial charge on any atom is 0.00476 e. The Balaban J connectivity index is 4.25. The van der Waals surface area contributed by atoms with E-state index in [0.717, 1.165) is 19.0 Å². The Hall–Kier alpha value is -0.0800. The van der Waals surface area contributed by atoms with Gasteiger partial charge >= 0.3 is 0 Å². The van der Waals surface area contributed by atoms with Crippen LogP contribution in [0.5, 0.6) is 0 Å². The zero-order valence-corrected chi connectivity index (χ0v) is 12.4. The lowest BCUT2D eigenvalue weighted by atomic mass is 9.91. The number of rotatable bonds is 8. The van der Waals surface area contributed by atoms with Gasteiger partial charge in [-0.15, -0.1) is 0 Å². The van der Waals surface area contributed by atoms with Crippen molar-refractivity contribution in [3.8, 4) is 0 Å². The van der Waals surface area contributed by atoms with E-state index in [1.54, 1.807) is 0 Å². The third kappa shape index (κ3) is 7.24. The van der Waals surface area contributed by atoms with Crippen LogP contribution in [-0.2, 0) is 0 Å². The SMILES string of the molecule is CCNCC(C)(C)CN(CC(C)C)C(C)C. The number of hydrogen-bond donors (Lipinski definition) is 1. The zero-order chi connectivity index (χ0) is 12.8. The van der Waals surface area contributed by atoms with E-state index in [2.05, 4.69) is 58.7 Å². The molecule has 0 aliphatic heterocycles. The van der Waals surface area contributed by atoms with Gasteiger partial charge < -0.3 is 10.2 Å². The van der Waals surface area contributed by atoms with Gasteiger partial charge in [-0.05, 0) is 31.7 Å². The van der Waals surface area contributed by atoms with Crippen molar-refractivity contribution in [1.82, 2.24) is 10.2 Å². The summed E-state index contributed by atoms with van der Waals surface area (Å²) >= 11 is 0. The molecule has 0 atom stereocenters. The summed E-state index contributed by atoms with van der Waals surface area (Å²) in [6.45, 7) is 20.6. The van der Waals surface area contributed by atoms with Gasteiger partial charge in [-0.3, -0.25) is 0 Å². The second-order valence-electron chi connectivity index (χ2n) is 6.36. The van der Waals surface area contributed by atoms with E-state index < -0.39 is 0 Å². The van der Waals surface area contributed by atoms with Crippen LogP contribution in [0.4, 0.5) is 0 Å². The van der Waals surface area contributed by atoms with Gasteiger partial charge in [0, 0.05) is 25.7 Å². The lowest BCUT2D eigenvalue weighted by Crippen LogP contribution is -2.44. The Morgan fingerprint density at radius 1 is 1.12 bits per heavy atom. The van der Waals surface area contributed by atoms with Crippen LogP contribution in [0, 0.1) is 11.3 Å². The van der Waals surface area contributed by atoms with Gasteiger partial charge in [-0.2, -0.15) is 0 Å². The highest BCUT2D eigenvalue weighted by atomic mass is 15.2. The van der Waals surface area contributed by atoms with Crippen LogP contribution in [0.15, 0.2) is 0 Å². The highest BCUT2D eigenvalue weighted by molar-refractivity contribution is 4.78. The van der Waals surface area contributed by atoms with Crippen molar-refractivity contribution < 1.29 is 0 Å². The third-order valence-electron chi connectivity index (χ3n) is 2.81. The predicted molar refractivity (Wildman–Crippen MR) is 73.9 cm³/mol. The fraction of sp³-hybridized carbons (Fsp3) is 1.00. The molecule has 0 heterocycles. The molecule has 0 aromatic carbocycles. The average Bonchev–Trinajstić information content (AvgIpc) is 2.12. The monoisotopic (exact) mass is 228 g/mol. The topological polar surface area (TPSA) is 15.3 Å². The molecule has 0 aromatic heterocycles. The van der Waals surface area contributed by atoms with Crippen molar-refractivity contribution in [2.24, 2.45) is 11.3 Å². The molecule has 0 aliphatic carbocycles. The molecule has 0 saturated carbocycles. The summed E-state index contributed by atoms with van der Waals surface area (Å²) in [4.78, 5) is 2.60. The molecular weight excluding hydrogens is 196 g/mol. The van der Waals surface area contributed by atoms with Crippen LogP contribution in [0.25, 0.3) is 0 Å². The molecule has 1 N–H and O–H groups in total. The van der Waals surface area contributed by atoms with E-state index in [9.17, 15) is 0 Å². The molecule has 0 amide bonds. The van der Waals surface area contributed by atoms with Crippen molar-refractivity contribution >= 4 is 0 Å². The summed E-state index contributed by atoms with van der Waals surface area (Å²) in [5.41, 5.74) is 0.356. The molecular formula is C14H32N2. The van der Waals surface area contributed by atoms with Crippen molar-refractivity contribution in [3.63, 3.8) is 0 Å². The van der Waals surface area contributed by atoms with Crippen molar-refractivity contribution in [3.05, 3.63) is 0 Å². The standard InChI is InChI=1S/C14H32N2/c1-8-15-10-14(6,7)11-16(13(4)5)9-12(2)3/h12-13,15H,8-11H2,1-7H3. The van der Waals surface area contributed by atoms with Crippen LogP contribution >= 0.6 is 0 Å². The Morgan fingerprint density at radius 2 is 1.69 bits per heavy atom. The summed E-state index contributed by atoms with van der Waals surface area (Å²) in [7, 11) is 0. The van der Waals surface area contributed by atoms with Gasteiger partial charge in [0.05, 0.1) is 0 Å². The third-order valence-corrected chi connectivity index (χ3v) is 2.81. The molecule has 0 bridgehead atoms. The normalized spacial score (nSPS) is 13.1. The first kappa shape index (κ1) is 15.9. The molecule has 0 radical (unpaired) electrons. The number of nitrogens with one attached hydrogen (secondary N) is 1. The highest BCUT2D eigenvalue weighted by Crippen LogP contribution is 2.18. The molecule has 0 saturated heterocycles. The number of hydrogen-bond acceptors (Lipinski definition) is 2. The first-order chi connectivity index (χ1) is 7.28. The minimum Gasteiger partial charge on any atom is -0.316 e. The highest BCUT2D eigenvalue weighted by Gasteiger charge is 2.23. The van der Waals surface area contributed by atoms with E-state index in [1.807, 2.05) is 0 Å². The molecule has 0 unspecified atom stereocenters. The van der Waals surface area contributed by atoms with E-state index in [1.165, 1.54) is 13.1 Å². The number of nitrogens with zero attached hydrogens (tertiary/aromatic N) is 1. The van der Waals surface area contributed by atoms with Crippen molar-refractivity contribution in [2.75, 3.05) is 26.2 Å². The Labute approximate surface area is 103 Å². The summed E-state index contributed by atoms with van der Waals surface area (Å²) in [5.74, 6) is 0.748. The Bertz CT molecular complexity index is 174. The quantitative estimate of drug-likeness (QED) is 0.687. The van der Waals surface area contributed by atoms with Crippen LogP contribution in [0.2, 0.25) is 0 Å². The first-order valence-electron chi connectivity index (χ1n) is 6.73. The molecule has 0 rings (SSSR count). The van der Waals surface area contributed by atoms with Gasteiger partial charge in [-0.1, -0.05) is 34.6 Å². The van der Waals surface area contributed by atoms with Gasteiger partial charge in [0.1, 0.15) is 0 Å². The van der Waals surface area contributed by atoms with Gasteiger partial charge in [0.2, 0.25) is 0 Å². The van der Waals surface area contributed by atoms with E-state index >= 15 is 0 Å². The van der Waals surface area contributed by atoms with Crippen molar-refractivity contribution in [2.45, 2.75) is 54.5 Å². The zero-order valence-electron chi connectivity index (χ0n) is 12.4. The smallest absolute Gasteiger partial charge is 0.00476 e. The molecule has 0 fully saturated rings. The molecule has 0 aliphatic rings. The van der Waals surface area contributed by atoms with Gasteiger partial charge in [0.15, 0.2) is 0 Å². The first-order valence-corrected chi connectivity index (χ1v) is 6.73. The summed E-state index contributed by atoms with van der Waals surface area (Å²) in [5, 5.41) is 3.46. The van der Waals surface area contributed by atoms with Crippen molar-refractivity contribution in [1.29, 1.82) is 0 Å². The second-order valence-corrected chi connectivity index (χ2v) is 6.36. The Morgan fingerprint density at radius 3 is 2.06 bits per heavy atom. The van der Waals surface area contributed by atoms with Crippen LogP contribution < -0.4 is 5.32 Å². The van der Waals surface area contributed by atoms with Crippen LogP contribution in [-0.4, -0.2) is 37.1 Å². The molecule has 2 heteroatoms. The largest absolute Gasteiger partial charge is 0.316 e. The lowest BCUT2D eigenvalue weighted by molar-refractivity contribution is 0.128. The van der Waals surface area contributed by atoms with E-state index in [0.29, 0.717) is 11.5 Å². The maximum atomic E-state index is 3.46. The second kappa shape index (κ2) is 7.29.